The van der Waals surface area contributed by atoms with Crippen LogP contribution in [0.3, 0.4) is 0 Å². The van der Waals surface area contributed by atoms with Crippen molar-refractivity contribution in [2.45, 2.75) is 30.8 Å². The van der Waals surface area contributed by atoms with Crippen molar-refractivity contribution in [1.82, 2.24) is 4.31 Å². The van der Waals surface area contributed by atoms with Crippen LogP contribution in [0.25, 0.3) is 0 Å². The zero-order valence-electron chi connectivity index (χ0n) is 14.7. The molecule has 144 valence electrons. The fourth-order valence-corrected chi connectivity index (χ4v) is 3.71. The number of hydrogen-bond donors (Lipinski definition) is 2. The second-order valence-electron chi connectivity index (χ2n) is 6.09. The lowest BCUT2D eigenvalue weighted by Gasteiger charge is -2.25. The zero-order chi connectivity index (χ0) is 19.1. The third-order valence-electron chi connectivity index (χ3n) is 4.00. The van der Waals surface area contributed by atoms with Crippen LogP contribution in [0.2, 0.25) is 0 Å². The summed E-state index contributed by atoms with van der Waals surface area (Å²) >= 11 is 1.74. The molecule has 5 nitrogen and oxygen atoms in total. The normalized spacial score (nSPS) is 14.8. The molecule has 1 aliphatic rings. The molecule has 0 spiro atoms. The number of hydrogen-bond acceptors (Lipinski definition) is 4. The first kappa shape index (κ1) is 19.4. The van der Waals surface area contributed by atoms with E-state index in [-0.39, 0.29) is 5.75 Å². The second kappa shape index (κ2) is 9.57. The Morgan fingerprint density at radius 3 is 2.04 bits per heavy atom. The standard InChI is InChI=1S/C19H21F2N3O2S/c20-18(21)26-16-8-4-14(5-9-16)22-19(25)23-15-6-10-17(11-7-15)27-24-12-2-1-3-13-24/h4-11,18H,1-3,12-13H2,(H2,22,23,25). The van der Waals surface area contributed by atoms with Crippen LogP contribution in [-0.2, 0) is 0 Å². The van der Waals surface area contributed by atoms with Crippen LogP contribution in [0.4, 0.5) is 25.0 Å². The first-order chi connectivity index (χ1) is 13.1. The van der Waals surface area contributed by atoms with Crippen molar-refractivity contribution in [1.29, 1.82) is 0 Å². The summed E-state index contributed by atoms with van der Waals surface area (Å²) in [6, 6.07) is 13.0. The Balaban J connectivity index is 1.48. The first-order valence-electron chi connectivity index (χ1n) is 8.74. The number of nitrogens with zero attached hydrogens (tertiary/aromatic N) is 1. The van der Waals surface area contributed by atoms with Gasteiger partial charge in [0, 0.05) is 29.4 Å². The van der Waals surface area contributed by atoms with Crippen molar-refractivity contribution in [3.8, 4) is 5.75 Å². The van der Waals surface area contributed by atoms with E-state index >= 15 is 0 Å². The van der Waals surface area contributed by atoms with Gasteiger partial charge in [-0.1, -0.05) is 6.42 Å². The molecule has 1 aliphatic heterocycles. The van der Waals surface area contributed by atoms with Crippen LogP contribution in [-0.4, -0.2) is 30.0 Å². The van der Waals surface area contributed by atoms with Crippen molar-refractivity contribution >= 4 is 29.4 Å². The summed E-state index contributed by atoms with van der Waals surface area (Å²) in [5, 5.41) is 5.39. The molecule has 2 aromatic carbocycles. The minimum atomic E-state index is -2.87. The average Bonchev–Trinajstić information content (AvgIpc) is 2.65. The number of carbonyl (C=O) groups excluding carboxylic acids is 1. The fraction of sp³-hybridized carbons (Fsp3) is 0.316. The SMILES string of the molecule is O=C(Nc1ccc(OC(F)F)cc1)Nc1ccc(SN2CCCCC2)cc1. The van der Waals surface area contributed by atoms with Crippen LogP contribution in [0.5, 0.6) is 5.75 Å². The number of halogens is 2. The Kier molecular flexibility index (Phi) is 6.89. The number of alkyl halides is 2. The molecule has 0 aliphatic carbocycles. The topological polar surface area (TPSA) is 53.6 Å². The summed E-state index contributed by atoms with van der Waals surface area (Å²) in [4.78, 5) is 13.2. The molecule has 1 fully saturated rings. The van der Waals surface area contributed by atoms with Gasteiger partial charge in [0.1, 0.15) is 5.75 Å². The number of rotatable bonds is 6. The number of carbonyl (C=O) groups is 1. The molecule has 0 unspecified atom stereocenters. The largest absolute Gasteiger partial charge is 0.435 e. The van der Waals surface area contributed by atoms with Gasteiger partial charge in [0.2, 0.25) is 0 Å². The van der Waals surface area contributed by atoms with E-state index in [2.05, 4.69) is 19.7 Å². The summed E-state index contributed by atoms with van der Waals surface area (Å²) in [5.74, 6) is 0.0396. The maximum atomic E-state index is 12.1. The molecule has 0 saturated carbocycles. The number of ether oxygens (including phenoxy) is 1. The summed E-state index contributed by atoms with van der Waals surface area (Å²) in [7, 11) is 0. The quantitative estimate of drug-likeness (QED) is 0.643. The predicted molar refractivity (Wildman–Crippen MR) is 103 cm³/mol. The smallest absolute Gasteiger partial charge is 0.387 e. The molecule has 2 aromatic rings. The van der Waals surface area contributed by atoms with Gasteiger partial charge >= 0.3 is 12.6 Å². The van der Waals surface area contributed by atoms with Gasteiger partial charge in [0.05, 0.1) is 0 Å². The summed E-state index contributed by atoms with van der Waals surface area (Å²) in [5.41, 5.74) is 1.15. The molecule has 1 heterocycles. The number of urea groups is 1. The highest BCUT2D eigenvalue weighted by Crippen LogP contribution is 2.27. The van der Waals surface area contributed by atoms with Gasteiger partial charge in [0.25, 0.3) is 0 Å². The molecule has 2 amide bonds. The van der Waals surface area contributed by atoms with E-state index in [0.29, 0.717) is 11.4 Å². The van der Waals surface area contributed by atoms with E-state index in [1.807, 2.05) is 24.3 Å². The Labute approximate surface area is 161 Å². The highest BCUT2D eigenvalue weighted by molar-refractivity contribution is 7.97. The minimum Gasteiger partial charge on any atom is -0.435 e. The molecule has 27 heavy (non-hydrogen) atoms. The fourth-order valence-electron chi connectivity index (χ4n) is 2.72. The highest BCUT2D eigenvalue weighted by Gasteiger charge is 2.11. The maximum Gasteiger partial charge on any atom is 0.387 e. The van der Waals surface area contributed by atoms with Crippen molar-refractivity contribution in [3.63, 3.8) is 0 Å². The van der Waals surface area contributed by atoms with E-state index in [9.17, 15) is 13.6 Å². The second-order valence-corrected chi connectivity index (χ2v) is 7.26. The van der Waals surface area contributed by atoms with Gasteiger partial charge < -0.3 is 15.4 Å². The van der Waals surface area contributed by atoms with Crippen molar-refractivity contribution in [2.24, 2.45) is 0 Å². The highest BCUT2D eigenvalue weighted by atomic mass is 32.2. The number of benzene rings is 2. The van der Waals surface area contributed by atoms with Gasteiger partial charge in [0.15, 0.2) is 0 Å². The average molecular weight is 393 g/mol. The molecule has 0 bridgehead atoms. The molecular formula is C19H21F2N3O2S. The summed E-state index contributed by atoms with van der Waals surface area (Å²) < 4.78 is 30.9. The van der Waals surface area contributed by atoms with E-state index in [1.54, 1.807) is 11.9 Å². The molecule has 2 N–H and O–H groups in total. The first-order valence-corrected chi connectivity index (χ1v) is 9.52. The number of amides is 2. The predicted octanol–water partition coefficient (Wildman–Crippen LogP) is 5.43. The van der Waals surface area contributed by atoms with Gasteiger partial charge in [-0.3, -0.25) is 0 Å². The number of nitrogens with one attached hydrogen (secondary N) is 2. The van der Waals surface area contributed by atoms with Crippen molar-refractivity contribution in [2.75, 3.05) is 23.7 Å². The van der Waals surface area contributed by atoms with Gasteiger partial charge in [-0.05, 0) is 73.3 Å². The van der Waals surface area contributed by atoms with Crippen LogP contribution in [0.1, 0.15) is 19.3 Å². The number of anilines is 2. The lowest BCUT2D eigenvalue weighted by molar-refractivity contribution is -0.0498. The third kappa shape index (κ3) is 6.41. The Morgan fingerprint density at radius 1 is 0.926 bits per heavy atom. The molecule has 3 rings (SSSR count). The van der Waals surface area contributed by atoms with E-state index in [4.69, 9.17) is 0 Å². The van der Waals surface area contributed by atoms with E-state index in [0.717, 1.165) is 18.0 Å². The van der Waals surface area contributed by atoms with Gasteiger partial charge in [-0.25, -0.2) is 9.10 Å². The summed E-state index contributed by atoms with van der Waals surface area (Å²) in [6.45, 7) is -0.661. The molecular weight excluding hydrogens is 372 g/mol. The molecule has 0 atom stereocenters. The van der Waals surface area contributed by atoms with Crippen molar-refractivity contribution in [3.05, 3.63) is 48.5 Å². The van der Waals surface area contributed by atoms with Crippen LogP contribution in [0, 0.1) is 0 Å². The van der Waals surface area contributed by atoms with Crippen molar-refractivity contribution < 1.29 is 18.3 Å². The molecule has 8 heteroatoms. The Morgan fingerprint density at radius 2 is 1.48 bits per heavy atom. The zero-order valence-corrected chi connectivity index (χ0v) is 15.5. The van der Waals surface area contributed by atoms with E-state index < -0.39 is 12.6 Å². The minimum absolute atomic E-state index is 0.0396. The van der Waals surface area contributed by atoms with Crippen LogP contribution < -0.4 is 15.4 Å². The van der Waals surface area contributed by atoms with Gasteiger partial charge in [-0.15, -0.1) is 0 Å². The Hall–Kier alpha value is -2.32. The number of piperidine rings is 1. The van der Waals surface area contributed by atoms with Crippen LogP contribution in [0.15, 0.2) is 53.4 Å². The molecule has 1 saturated heterocycles. The maximum absolute atomic E-state index is 12.1. The van der Waals surface area contributed by atoms with Gasteiger partial charge in [-0.2, -0.15) is 8.78 Å². The Bertz CT molecular complexity index is 736. The monoisotopic (exact) mass is 393 g/mol. The summed E-state index contributed by atoms with van der Waals surface area (Å²) in [6.07, 6.45) is 3.78. The van der Waals surface area contributed by atoms with Crippen LogP contribution >= 0.6 is 11.9 Å². The third-order valence-corrected chi connectivity index (χ3v) is 5.11. The molecule has 0 aromatic heterocycles. The molecule has 0 radical (unpaired) electrons. The van der Waals surface area contributed by atoms with E-state index in [1.165, 1.54) is 43.5 Å². The lowest BCUT2D eigenvalue weighted by atomic mass is 10.2. The lowest BCUT2D eigenvalue weighted by Crippen LogP contribution is -2.22.